The lowest BCUT2D eigenvalue weighted by atomic mass is 9.99. The fourth-order valence-electron chi connectivity index (χ4n) is 2.08. The zero-order valence-corrected chi connectivity index (χ0v) is 16.4. The number of methoxy groups -OCH3 is 1. The molecule has 6 heteroatoms. The van der Waals surface area contributed by atoms with Crippen molar-refractivity contribution in [1.82, 2.24) is 5.32 Å². The number of hydrogen-bond donors (Lipinski definition) is 1. The normalized spacial score (nSPS) is 14.2. The molecule has 1 unspecified atom stereocenters. The zero-order chi connectivity index (χ0) is 18.5. The SMILES string of the molecule is CCOC(=O)NCCCOC(C)(C)CCOC(C)(CC)CCOC. The van der Waals surface area contributed by atoms with E-state index in [4.69, 9.17) is 18.9 Å². The molecule has 0 aromatic rings. The molecule has 1 N–H and O–H groups in total. The maximum Gasteiger partial charge on any atom is 0.407 e. The lowest BCUT2D eigenvalue weighted by Crippen LogP contribution is -2.34. The van der Waals surface area contributed by atoms with Crippen LogP contribution in [0.1, 0.15) is 60.3 Å². The van der Waals surface area contributed by atoms with Crippen molar-refractivity contribution in [2.45, 2.75) is 71.5 Å². The van der Waals surface area contributed by atoms with E-state index in [1.807, 2.05) is 0 Å². The first-order chi connectivity index (χ1) is 11.3. The minimum atomic E-state index is -0.375. The van der Waals surface area contributed by atoms with Crippen LogP contribution in [-0.2, 0) is 18.9 Å². The predicted octanol–water partition coefficient (Wildman–Crippen LogP) is 3.53. The van der Waals surface area contributed by atoms with Crippen LogP contribution in [0.2, 0.25) is 0 Å². The van der Waals surface area contributed by atoms with Gasteiger partial charge < -0.3 is 24.3 Å². The van der Waals surface area contributed by atoms with Gasteiger partial charge in [0.2, 0.25) is 0 Å². The Morgan fingerprint density at radius 1 is 1.00 bits per heavy atom. The number of nitrogens with one attached hydrogen (secondary N) is 1. The summed E-state index contributed by atoms with van der Waals surface area (Å²) in [4.78, 5) is 11.1. The van der Waals surface area contributed by atoms with Crippen LogP contribution in [0.25, 0.3) is 0 Å². The van der Waals surface area contributed by atoms with E-state index < -0.39 is 0 Å². The number of rotatable bonds is 14. The monoisotopic (exact) mass is 347 g/mol. The van der Waals surface area contributed by atoms with E-state index in [9.17, 15) is 4.79 Å². The molecule has 0 saturated heterocycles. The van der Waals surface area contributed by atoms with Crippen LogP contribution in [-0.4, -0.2) is 57.4 Å². The molecule has 1 amide bonds. The summed E-state index contributed by atoms with van der Waals surface area (Å²) < 4.78 is 21.9. The van der Waals surface area contributed by atoms with Crippen molar-refractivity contribution in [3.05, 3.63) is 0 Å². The van der Waals surface area contributed by atoms with Gasteiger partial charge in [-0.15, -0.1) is 0 Å². The Labute approximate surface area is 147 Å². The van der Waals surface area contributed by atoms with Crippen molar-refractivity contribution in [2.24, 2.45) is 0 Å². The Bertz CT molecular complexity index is 335. The molecule has 1 atom stereocenters. The van der Waals surface area contributed by atoms with Gasteiger partial charge in [0.05, 0.1) is 24.4 Å². The Kier molecular flexibility index (Phi) is 12.1. The molecule has 6 nitrogen and oxygen atoms in total. The van der Waals surface area contributed by atoms with Crippen molar-refractivity contribution >= 4 is 6.09 Å². The van der Waals surface area contributed by atoms with Crippen molar-refractivity contribution in [2.75, 3.05) is 40.1 Å². The van der Waals surface area contributed by atoms with Crippen molar-refractivity contribution < 1.29 is 23.7 Å². The lowest BCUT2D eigenvalue weighted by molar-refractivity contribution is -0.0876. The number of amides is 1. The molecule has 0 rings (SSSR count). The molecular formula is C18H37NO5. The molecule has 0 aliphatic rings. The van der Waals surface area contributed by atoms with Crippen LogP contribution in [0, 0.1) is 0 Å². The van der Waals surface area contributed by atoms with E-state index in [-0.39, 0.29) is 17.3 Å². The fraction of sp³-hybridized carbons (Fsp3) is 0.944. The maximum atomic E-state index is 11.1. The first kappa shape index (κ1) is 23.1. The van der Waals surface area contributed by atoms with Gasteiger partial charge in [-0.1, -0.05) is 6.92 Å². The molecule has 0 spiro atoms. The third kappa shape index (κ3) is 11.6. The number of carbonyl (C=O) groups is 1. The summed E-state index contributed by atoms with van der Waals surface area (Å²) in [6.45, 7) is 13.1. The van der Waals surface area contributed by atoms with Gasteiger partial charge in [-0.25, -0.2) is 4.79 Å². The van der Waals surface area contributed by atoms with Crippen LogP contribution in [0.3, 0.4) is 0 Å². The molecular weight excluding hydrogens is 310 g/mol. The third-order valence-corrected chi connectivity index (χ3v) is 4.10. The standard InChI is InChI=1S/C18H37NO5/c1-7-18(5,11-14-21-6)24-15-10-17(3,4)23-13-9-12-19-16(20)22-8-2/h7-15H2,1-6H3,(H,19,20). The molecule has 24 heavy (non-hydrogen) atoms. The summed E-state index contributed by atoms with van der Waals surface area (Å²) in [5, 5.41) is 2.68. The fourth-order valence-corrected chi connectivity index (χ4v) is 2.08. The number of hydrogen-bond acceptors (Lipinski definition) is 5. The molecule has 0 aliphatic heterocycles. The van der Waals surface area contributed by atoms with E-state index in [2.05, 4.69) is 33.0 Å². The zero-order valence-electron chi connectivity index (χ0n) is 16.4. The highest BCUT2D eigenvalue weighted by Crippen LogP contribution is 2.22. The summed E-state index contributed by atoms with van der Waals surface area (Å²) in [6, 6.07) is 0. The average Bonchev–Trinajstić information content (AvgIpc) is 2.52. The summed E-state index contributed by atoms with van der Waals surface area (Å²) in [5.74, 6) is 0. The Morgan fingerprint density at radius 3 is 2.29 bits per heavy atom. The number of carbonyl (C=O) groups excluding carboxylic acids is 1. The summed E-state index contributed by atoms with van der Waals surface area (Å²) in [5.41, 5.74) is -0.393. The van der Waals surface area contributed by atoms with E-state index in [1.54, 1.807) is 14.0 Å². The third-order valence-electron chi connectivity index (χ3n) is 4.10. The second-order valence-corrected chi connectivity index (χ2v) is 6.75. The van der Waals surface area contributed by atoms with E-state index in [0.29, 0.717) is 33.0 Å². The second-order valence-electron chi connectivity index (χ2n) is 6.75. The molecule has 144 valence electrons. The first-order valence-electron chi connectivity index (χ1n) is 8.96. The highest BCUT2D eigenvalue weighted by atomic mass is 16.5. The molecule has 0 aliphatic carbocycles. The highest BCUT2D eigenvalue weighted by Gasteiger charge is 2.25. The van der Waals surface area contributed by atoms with Gasteiger partial charge in [0.1, 0.15) is 0 Å². The smallest absolute Gasteiger partial charge is 0.407 e. The van der Waals surface area contributed by atoms with E-state index in [1.165, 1.54) is 0 Å². The Balaban J connectivity index is 3.90. The van der Waals surface area contributed by atoms with Crippen molar-refractivity contribution in [1.29, 1.82) is 0 Å². The minimum Gasteiger partial charge on any atom is -0.450 e. The van der Waals surface area contributed by atoms with Gasteiger partial charge in [0, 0.05) is 26.9 Å². The topological polar surface area (TPSA) is 66.0 Å². The predicted molar refractivity (Wildman–Crippen MR) is 95.4 cm³/mol. The van der Waals surface area contributed by atoms with E-state index in [0.717, 1.165) is 25.7 Å². The minimum absolute atomic E-state index is 0.143. The van der Waals surface area contributed by atoms with Crippen LogP contribution in [0.5, 0.6) is 0 Å². The lowest BCUT2D eigenvalue weighted by Gasteiger charge is -2.31. The van der Waals surface area contributed by atoms with Crippen molar-refractivity contribution in [3.63, 3.8) is 0 Å². The van der Waals surface area contributed by atoms with Crippen LogP contribution < -0.4 is 5.32 Å². The molecule has 0 fully saturated rings. The average molecular weight is 347 g/mol. The van der Waals surface area contributed by atoms with Crippen LogP contribution in [0.15, 0.2) is 0 Å². The van der Waals surface area contributed by atoms with Gasteiger partial charge in [0.15, 0.2) is 0 Å². The van der Waals surface area contributed by atoms with Crippen LogP contribution >= 0.6 is 0 Å². The molecule has 0 saturated carbocycles. The van der Waals surface area contributed by atoms with Gasteiger partial charge in [-0.05, 0) is 53.4 Å². The largest absolute Gasteiger partial charge is 0.450 e. The summed E-state index contributed by atoms with van der Waals surface area (Å²) in [7, 11) is 1.71. The second kappa shape index (κ2) is 12.5. The quantitative estimate of drug-likeness (QED) is 0.487. The van der Waals surface area contributed by atoms with Gasteiger partial charge >= 0.3 is 6.09 Å². The highest BCUT2D eigenvalue weighted by molar-refractivity contribution is 5.66. The van der Waals surface area contributed by atoms with Gasteiger partial charge in [-0.3, -0.25) is 0 Å². The molecule has 0 aromatic carbocycles. The maximum absolute atomic E-state index is 11.1. The van der Waals surface area contributed by atoms with Crippen molar-refractivity contribution in [3.8, 4) is 0 Å². The Morgan fingerprint density at radius 2 is 1.71 bits per heavy atom. The van der Waals surface area contributed by atoms with Gasteiger partial charge in [-0.2, -0.15) is 0 Å². The van der Waals surface area contributed by atoms with E-state index >= 15 is 0 Å². The summed E-state index contributed by atoms with van der Waals surface area (Å²) >= 11 is 0. The summed E-state index contributed by atoms with van der Waals surface area (Å²) in [6.07, 6.45) is 3.04. The first-order valence-corrected chi connectivity index (χ1v) is 8.96. The van der Waals surface area contributed by atoms with Crippen LogP contribution in [0.4, 0.5) is 4.79 Å². The van der Waals surface area contributed by atoms with Gasteiger partial charge in [0.25, 0.3) is 0 Å². The molecule has 0 aromatic heterocycles. The molecule has 0 bridgehead atoms. The Hall–Kier alpha value is -0.850. The number of alkyl carbamates (subject to hydrolysis) is 1. The molecule has 0 radical (unpaired) electrons. The number of ether oxygens (including phenoxy) is 4. The molecule has 0 heterocycles.